The summed E-state index contributed by atoms with van der Waals surface area (Å²) >= 11 is 5.61. The van der Waals surface area contributed by atoms with E-state index in [-0.39, 0.29) is 6.54 Å². The topological polar surface area (TPSA) is 93.1 Å². The molecule has 1 aromatic heterocycles. The molecule has 1 rings (SSSR count). The van der Waals surface area contributed by atoms with Gasteiger partial charge >= 0.3 is 12.1 Å². The van der Waals surface area contributed by atoms with Gasteiger partial charge in [0, 0.05) is 19.8 Å². The van der Waals surface area contributed by atoms with Crippen molar-refractivity contribution in [2.24, 2.45) is 0 Å². The van der Waals surface area contributed by atoms with Crippen LogP contribution in [0.1, 0.15) is 5.56 Å². The van der Waals surface area contributed by atoms with Crippen molar-refractivity contribution >= 4 is 23.5 Å². The summed E-state index contributed by atoms with van der Waals surface area (Å²) in [5.74, 6) is -3.04. The van der Waals surface area contributed by atoms with E-state index in [1.807, 2.05) is 0 Å². The molecule has 0 aromatic carbocycles. The van der Waals surface area contributed by atoms with Gasteiger partial charge in [0.1, 0.15) is 5.15 Å². The summed E-state index contributed by atoms with van der Waals surface area (Å²) in [7, 11) is 1.36. The van der Waals surface area contributed by atoms with Gasteiger partial charge in [-0.15, -0.1) is 0 Å². The van der Waals surface area contributed by atoms with Gasteiger partial charge in [-0.3, -0.25) is 15.5 Å². The molecule has 0 bridgehead atoms. The van der Waals surface area contributed by atoms with E-state index in [1.165, 1.54) is 18.6 Å². The van der Waals surface area contributed by atoms with E-state index in [1.54, 1.807) is 12.1 Å². The molecule has 0 aliphatic heterocycles. The van der Waals surface area contributed by atoms with Crippen molar-refractivity contribution in [3.8, 4) is 0 Å². The van der Waals surface area contributed by atoms with E-state index in [9.17, 15) is 18.0 Å². The lowest BCUT2D eigenvalue weighted by Crippen LogP contribution is -2.57. The Kier molecular flexibility index (Phi) is 5.88. The normalized spacial score (nSPS) is 11.1. The van der Waals surface area contributed by atoms with Gasteiger partial charge in [-0.05, 0) is 11.6 Å². The first-order chi connectivity index (χ1) is 9.74. The van der Waals surface area contributed by atoms with Crippen molar-refractivity contribution in [2.45, 2.75) is 12.7 Å². The van der Waals surface area contributed by atoms with Crippen LogP contribution in [0, 0.1) is 5.41 Å². The lowest BCUT2D eigenvalue weighted by Gasteiger charge is -2.24. The minimum Gasteiger partial charge on any atom is -0.287 e. The van der Waals surface area contributed by atoms with E-state index in [2.05, 4.69) is 15.8 Å². The largest absolute Gasteiger partial charge is 0.471 e. The molecule has 1 amide bonds. The molecule has 1 aromatic rings. The number of halogens is 4. The summed E-state index contributed by atoms with van der Waals surface area (Å²) in [6.45, 7) is 0.148. The van der Waals surface area contributed by atoms with Gasteiger partial charge in [0.25, 0.3) is 0 Å². The Hall–Kier alpha value is -1.91. The van der Waals surface area contributed by atoms with Gasteiger partial charge in [0.15, 0.2) is 0 Å². The zero-order valence-corrected chi connectivity index (χ0v) is 11.5. The Morgan fingerprint density at radius 3 is 2.62 bits per heavy atom. The maximum absolute atomic E-state index is 12.1. The predicted molar refractivity (Wildman–Crippen MR) is 68.9 cm³/mol. The van der Waals surface area contributed by atoms with Crippen molar-refractivity contribution in [1.82, 2.24) is 26.3 Å². The van der Waals surface area contributed by atoms with E-state index >= 15 is 0 Å². The van der Waals surface area contributed by atoms with Crippen LogP contribution in [-0.4, -0.2) is 35.2 Å². The third kappa shape index (κ3) is 5.53. The minimum atomic E-state index is -5.06. The molecular formula is C10H12ClF3N6O. The molecule has 0 aliphatic rings. The maximum atomic E-state index is 12.1. The molecule has 7 nitrogen and oxygen atoms in total. The maximum Gasteiger partial charge on any atom is 0.471 e. The highest BCUT2D eigenvalue weighted by Crippen LogP contribution is 2.13. The minimum absolute atomic E-state index is 0.148. The van der Waals surface area contributed by atoms with Crippen molar-refractivity contribution in [1.29, 1.82) is 5.41 Å². The van der Waals surface area contributed by atoms with Crippen LogP contribution in [0.25, 0.3) is 0 Å². The highest BCUT2D eigenvalue weighted by molar-refractivity contribution is 6.29. The summed E-state index contributed by atoms with van der Waals surface area (Å²) in [6.07, 6.45) is -3.60. The number of rotatable bonds is 4. The Morgan fingerprint density at radius 1 is 1.48 bits per heavy atom. The highest BCUT2D eigenvalue weighted by Gasteiger charge is 2.39. The highest BCUT2D eigenvalue weighted by atomic mass is 35.5. The van der Waals surface area contributed by atoms with Crippen LogP contribution in [0.2, 0.25) is 5.15 Å². The molecule has 0 aliphatic carbocycles. The molecule has 0 unspecified atom stereocenters. The third-order valence-corrected chi connectivity index (χ3v) is 2.39. The summed E-state index contributed by atoms with van der Waals surface area (Å²) in [6, 6.07) is 3.19. The second-order valence-electron chi connectivity index (χ2n) is 3.68. The Labute approximate surface area is 122 Å². The molecule has 0 spiro atoms. The molecule has 11 heteroatoms. The van der Waals surface area contributed by atoms with Crippen LogP contribution < -0.4 is 16.2 Å². The number of amides is 1. The fourth-order valence-electron chi connectivity index (χ4n) is 1.19. The average Bonchev–Trinajstić information content (AvgIpc) is 2.40. The van der Waals surface area contributed by atoms with Gasteiger partial charge < -0.3 is 0 Å². The summed E-state index contributed by atoms with van der Waals surface area (Å²) in [4.78, 5) is 14.5. The van der Waals surface area contributed by atoms with Gasteiger partial charge in [-0.25, -0.2) is 21.0 Å². The quantitative estimate of drug-likeness (QED) is 0.284. The summed E-state index contributed by atoms with van der Waals surface area (Å²) < 4.78 is 36.2. The van der Waals surface area contributed by atoms with Crippen LogP contribution in [0.5, 0.6) is 0 Å². The van der Waals surface area contributed by atoms with Gasteiger partial charge in [0.2, 0.25) is 5.96 Å². The van der Waals surface area contributed by atoms with Crippen molar-refractivity contribution in [3.63, 3.8) is 0 Å². The molecular weight excluding hydrogens is 313 g/mol. The molecule has 21 heavy (non-hydrogen) atoms. The second-order valence-corrected chi connectivity index (χ2v) is 4.07. The molecule has 4 N–H and O–H groups in total. The number of carbonyl (C=O) groups is 1. The van der Waals surface area contributed by atoms with E-state index in [0.29, 0.717) is 10.7 Å². The number of nitrogens with zero attached hydrogens (tertiary/aromatic N) is 2. The number of nitrogens with one attached hydrogen (secondary N) is 4. The first kappa shape index (κ1) is 17.1. The molecule has 1 heterocycles. The Bertz CT molecular complexity index is 507. The number of pyridine rings is 1. The molecule has 0 fully saturated rings. The van der Waals surface area contributed by atoms with E-state index in [4.69, 9.17) is 17.0 Å². The van der Waals surface area contributed by atoms with Crippen LogP contribution in [-0.2, 0) is 11.3 Å². The van der Waals surface area contributed by atoms with Crippen LogP contribution >= 0.6 is 11.6 Å². The molecule has 0 radical (unpaired) electrons. The summed E-state index contributed by atoms with van der Waals surface area (Å²) in [5, 5.41) is 9.91. The Balaban J connectivity index is 2.56. The monoisotopic (exact) mass is 324 g/mol. The molecule has 0 saturated heterocycles. The molecule has 116 valence electrons. The van der Waals surface area contributed by atoms with Gasteiger partial charge in [-0.1, -0.05) is 17.7 Å². The van der Waals surface area contributed by atoms with Crippen molar-refractivity contribution < 1.29 is 18.0 Å². The van der Waals surface area contributed by atoms with Crippen LogP contribution in [0.3, 0.4) is 0 Å². The van der Waals surface area contributed by atoms with Gasteiger partial charge in [0.05, 0.1) is 0 Å². The van der Waals surface area contributed by atoms with Crippen LogP contribution in [0.4, 0.5) is 13.2 Å². The molecule has 0 atom stereocenters. The number of guanidine groups is 1. The fraction of sp³-hybridized carbons (Fsp3) is 0.300. The average molecular weight is 325 g/mol. The smallest absolute Gasteiger partial charge is 0.287 e. The molecule has 0 saturated carbocycles. The lowest BCUT2D eigenvalue weighted by molar-refractivity contribution is -0.172. The van der Waals surface area contributed by atoms with Gasteiger partial charge in [-0.2, -0.15) is 13.2 Å². The van der Waals surface area contributed by atoms with Crippen molar-refractivity contribution in [3.05, 3.63) is 29.0 Å². The fourth-order valence-corrected chi connectivity index (χ4v) is 1.30. The Morgan fingerprint density at radius 2 is 2.14 bits per heavy atom. The first-order valence-corrected chi connectivity index (χ1v) is 5.90. The number of hydrazine groups is 2. The SMILES string of the molecule is CNN(NCc1ccc(Cl)nc1)C(=N)NC(=O)C(F)(F)F. The second kappa shape index (κ2) is 7.20. The number of carbonyl (C=O) groups excluding carboxylic acids is 1. The predicted octanol–water partition coefficient (Wildman–Crippen LogP) is 0.789. The summed E-state index contributed by atoms with van der Waals surface area (Å²) in [5.41, 5.74) is 5.68. The van der Waals surface area contributed by atoms with E-state index < -0.39 is 18.0 Å². The van der Waals surface area contributed by atoms with Crippen molar-refractivity contribution in [2.75, 3.05) is 7.05 Å². The zero-order chi connectivity index (χ0) is 16.0. The number of hydrogen-bond acceptors (Lipinski definition) is 5. The first-order valence-electron chi connectivity index (χ1n) is 5.52. The van der Waals surface area contributed by atoms with Crippen LogP contribution in [0.15, 0.2) is 18.3 Å². The zero-order valence-electron chi connectivity index (χ0n) is 10.8. The number of alkyl halides is 3. The van der Waals surface area contributed by atoms with E-state index in [0.717, 1.165) is 5.12 Å². The standard InChI is InChI=1S/C10H12ClF3N6O/c1-16-20(9(15)19-8(21)10(12,13)14)18-5-6-2-3-7(11)17-4-6/h2-4,16,18H,5H2,1H3,(H2,15,19,21). The number of hydrogen-bond donors (Lipinski definition) is 4. The number of aromatic nitrogens is 1. The third-order valence-electron chi connectivity index (χ3n) is 2.17. The lowest BCUT2D eigenvalue weighted by atomic mass is 10.3.